The van der Waals surface area contributed by atoms with Crippen LogP contribution in [0.5, 0.6) is 5.75 Å². The van der Waals surface area contributed by atoms with Crippen molar-refractivity contribution in [2.75, 3.05) is 7.11 Å². The number of aliphatic hydroxyl groups is 1. The van der Waals surface area contributed by atoms with Gasteiger partial charge in [-0.15, -0.1) is 0 Å². The molecule has 0 bridgehead atoms. The molecule has 2 heterocycles. The molecule has 1 saturated carbocycles. The van der Waals surface area contributed by atoms with Crippen molar-refractivity contribution in [2.24, 2.45) is 5.92 Å². The summed E-state index contributed by atoms with van der Waals surface area (Å²) in [6.07, 6.45) is 7.73. The number of carbonyl (C=O) groups excluding carboxylic acids is 1. The summed E-state index contributed by atoms with van der Waals surface area (Å²) in [5.41, 5.74) is 0.214. The average molecular weight is 395 g/mol. The highest BCUT2D eigenvalue weighted by atomic mass is 79.9. The Labute approximate surface area is 148 Å². The Balaban J connectivity index is 1.64. The molecule has 1 aliphatic carbocycles. The molecule has 0 aliphatic heterocycles. The Bertz CT molecular complexity index is 707. The zero-order valence-electron chi connectivity index (χ0n) is 13.2. The number of methoxy groups -OCH3 is 1. The van der Waals surface area contributed by atoms with E-state index in [0.717, 1.165) is 11.0 Å². The van der Waals surface area contributed by atoms with Crippen LogP contribution in [0.15, 0.2) is 35.5 Å². The molecular weight excluding hydrogens is 376 g/mol. The number of hydrogen-bond donors (Lipinski definition) is 2. The van der Waals surface area contributed by atoms with Crippen molar-refractivity contribution in [3.05, 3.63) is 41.2 Å². The van der Waals surface area contributed by atoms with Gasteiger partial charge in [-0.3, -0.25) is 4.79 Å². The van der Waals surface area contributed by atoms with Crippen LogP contribution in [0.4, 0.5) is 0 Å². The van der Waals surface area contributed by atoms with E-state index >= 15 is 0 Å². The number of pyridine rings is 1. The Hall–Kier alpha value is -1.93. The number of amides is 1. The first kappa shape index (κ1) is 16.9. The lowest BCUT2D eigenvalue weighted by Crippen LogP contribution is -2.40. The van der Waals surface area contributed by atoms with Crippen molar-refractivity contribution in [3.8, 4) is 5.75 Å². The number of imidazole rings is 1. The molecule has 3 rings (SSSR count). The van der Waals surface area contributed by atoms with Gasteiger partial charge in [-0.2, -0.15) is 0 Å². The van der Waals surface area contributed by atoms with Crippen molar-refractivity contribution >= 4 is 21.8 Å². The number of hydrogen-bond acceptors (Lipinski definition) is 5. The number of carbonyl (C=O) groups is 1. The smallest absolute Gasteiger partial charge is 0.274 e. The third-order valence-corrected chi connectivity index (χ3v) is 4.66. The van der Waals surface area contributed by atoms with Crippen LogP contribution >= 0.6 is 15.9 Å². The van der Waals surface area contributed by atoms with Crippen LogP contribution < -0.4 is 10.1 Å². The van der Waals surface area contributed by atoms with Crippen molar-refractivity contribution < 1.29 is 14.6 Å². The quantitative estimate of drug-likeness (QED) is 0.803. The first-order valence-corrected chi connectivity index (χ1v) is 8.50. The van der Waals surface area contributed by atoms with Crippen LogP contribution in [0.2, 0.25) is 0 Å². The first-order chi connectivity index (χ1) is 11.6. The molecule has 0 spiro atoms. The summed E-state index contributed by atoms with van der Waals surface area (Å²) in [4.78, 5) is 20.6. The molecular formula is C16H19BrN4O3. The summed E-state index contributed by atoms with van der Waals surface area (Å²) in [6.45, 7) is 0.781. The standard InChI is InChI=1S/C16H19BrN4O3/c1-24-14-6-11(17)7-19-15(14)16(23)20-12-4-10(5-13(12)22)8-21-3-2-18-9-21/h2-3,6-7,9-10,12-13,22H,4-5,8H2,1H3,(H,20,23)/t10?,12-,13-/m1/s1. The number of ether oxygens (including phenoxy) is 1. The van der Waals surface area contributed by atoms with E-state index < -0.39 is 6.10 Å². The molecule has 8 heteroatoms. The fourth-order valence-electron chi connectivity index (χ4n) is 3.10. The summed E-state index contributed by atoms with van der Waals surface area (Å²) < 4.78 is 7.92. The van der Waals surface area contributed by atoms with E-state index in [1.807, 2.05) is 10.8 Å². The molecule has 2 aromatic rings. The van der Waals surface area contributed by atoms with E-state index in [1.165, 1.54) is 7.11 Å². The molecule has 2 aromatic heterocycles. The van der Waals surface area contributed by atoms with E-state index in [4.69, 9.17) is 4.74 Å². The summed E-state index contributed by atoms with van der Waals surface area (Å²) in [7, 11) is 1.49. The Morgan fingerprint density at radius 1 is 1.54 bits per heavy atom. The topological polar surface area (TPSA) is 89.3 Å². The van der Waals surface area contributed by atoms with Gasteiger partial charge in [0.1, 0.15) is 0 Å². The molecule has 0 aromatic carbocycles. The maximum atomic E-state index is 12.5. The molecule has 1 amide bonds. The molecule has 2 N–H and O–H groups in total. The minimum absolute atomic E-state index is 0.214. The third-order valence-electron chi connectivity index (χ3n) is 4.23. The van der Waals surface area contributed by atoms with Crippen molar-refractivity contribution in [1.29, 1.82) is 0 Å². The van der Waals surface area contributed by atoms with Gasteiger partial charge in [-0.05, 0) is 40.8 Å². The number of rotatable bonds is 5. The average Bonchev–Trinajstić information content (AvgIpc) is 3.17. The minimum atomic E-state index is -0.566. The van der Waals surface area contributed by atoms with Gasteiger partial charge >= 0.3 is 0 Å². The maximum Gasteiger partial charge on any atom is 0.274 e. The van der Waals surface area contributed by atoms with Crippen LogP contribution in [0.3, 0.4) is 0 Å². The lowest BCUT2D eigenvalue weighted by atomic mass is 10.1. The molecule has 7 nitrogen and oxygen atoms in total. The molecule has 128 valence electrons. The van der Waals surface area contributed by atoms with E-state index in [-0.39, 0.29) is 17.6 Å². The Kier molecular flexibility index (Phi) is 5.15. The molecule has 3 atom stereocenters. The molecule has 1 unspecified atom stereocenters. The first-order valence-electron chi connectivity index (χ1n) is 7.71. The fourth-order valence-corrected chi connectivity index (χ4v) is 3.41. The van der Waals surface area contributed by atoms with Crippen LogP contribution in [0, 0.1) is 5.92 Å². The van der Waals surface area contributed by atoms with Gasteiger partial charge < -0.3 is 19.7 Å². The molecule has 1 fully saturated rings. The van der Waals surface area contributed by atoms with Gasteiger partial charge in [0, 0.05) is 29.6 Å². The normalized spacial score (nSPS) is 23.2. The van der Waals surface area contributed by atoms with Gasteiger partial charge in [0.25, 0.3) is 5.91 Å². The van der Waals surface area contributed by atoms with Crippen molar-refractivity contribution in [1.82, 2.24) is 19.9 Å². The molecule has 1 aliphatic rings. The number of nitrogens with zero attached hydrogens (tertiary/aromatic N) is 3. The van der Waals surface area contributed by atoms with Gasteiger partial charge in [0.05, 0.1) is 25.6 Å². The van der Waals surface area contributed by atoms with Crippen LogP contribution in [0.25, 0.3) is 0 Å². The van der Waals surface area contributed by atoms with Crippen molar-refractivity contribution in [2.45, 2.75) is 31.5 Å². The van der Waals surface area contributed by atoms with Crippen LogP contribution in [-0.2, 0) is 6.54 Å². The largest absolute Gasteiger partial charge is 0.494 e. The molecule has 24 heavy (non-hydrogen) atoms. The Morgan fingerprint density at radius 2 is 2.38 bits per heavy atom. The highest BCUT2D eigenvalue weighted by Gasteiger charge is 2.34. The SMILES string of the molecule is COc1cc(Br)cnc1C(=O)N[C@@H]1CC(Cn2ccnc2)C[C@H]1O. The predicted octanol–water partition coefficient (Wildman–Crippen LogP) is 1.62. The zero-order valence-corrected chi connectivity index (χ0v) is 14.8. The second-order valence-corrected chi connectivity index (χ2v) is 6.86. The fraction of sp³-hybridized carbons (Fsp3) is 0.438. The third kappa shape index (κ3) is 3.76. The van der Waals surface area contributed by atoms with Gasteiger partial charge in [0.2, 0.25) is 0 Å². The van der Waals surface area contributed by atoms with Crippen LogP contribution in [-0.4, -0.2) is 44.8 Å². The second kappa shape index (κ2) is 7.31. The zero-order chi connectivity index (χ0) is 17.1. The van der Waals surface area contributed by atoms with E-state index in [2.05, 4.69) is 31.2 Å². The highest BCUT2D eigenvalue weighted by Crippen LogP contribution is 2.28. The lowest BCUT2D eigenvalue weighted by Gasteiger charge is -2.17. The second-order valence-electron chi connectivity index (χ2n) is 5.95. The number of aromatic nitrogens is 3. The molecule has 0 saturated heterocycles. The maximum absolute atomic E-state index is 12.5. The number of nitrogens with one attached hydrogen (secondary N) is 1. The molecule has 0 radical (unpaired) electrons. The van der Waals surface area contributed by atoms with Gasteiger partial charge in [-0.1, -0.05) is 0 Å². The minimum Gasteiger partial charge on any atom is -0.494 e. The summed E-state index contributed by atoms with van der Waals surface area (Å²) in [5, 5.41) is 13.1. The summed E-state index contributed by atoms with van der Waals surface area (Å²) in [6, 6.07) is 1.40. The number of halogens is 1. The van der Waals surface area contributed by atoms with E-state index in [9.17, 15) is 9.90 Å². The summed E-state index contributed by atoms with van der Waals surface area (Å²) in [5.74, 6) is 0.343. The Morgan fingerprint density at radius 3 is 3.08 bits per heavy atom. The summed E-state index contributed by atoms with van der Waals surface area (Å²) >= 11 is 3.30. The van der Waals surface area contributed by atoms with E-state index in [0.29, 0.717) is 24.5 Å². The van der Waals surface area contributed by atoms with Crippen molar-refractivity contribution in [3.63, 3.8) is 0 Å². The monoisotopic (exact) mass is 394 g/mol. The highest BCUT2D eigenvalue weighted by molar-refractivity contribution is 9.10. The van der Waals surface area contributed by atoms with Gasteiger partial charge in [-0.25, -0.2) is 9.97 Å². The van der Waals surface area contributed by atoms with E-state index in [1.54, 1.807) is 24.8 Å². The van der Waals surface area contributed by atoms with Crippen LogP contribution in [0.1, 0.15) is 23.3 Å². The van der Waals surface area contributed by atoms with Gasteiger partial charge in [0.15, 0.2) is 11.4 Å². The predicted molar refractivity (Wildman–Crippen MR) is 90.7 cm³/mol. The lowest BCUT2D eigenvalue weighted by molar-refractivity contribution is 0.0864. The number of aliphatic hydroxyl groups excluding tert-OH is 1.